The lowest BCUT2D eigenvalue weighted by Crippen LogP contribution is -2.53. The average molecular weight is 289 g/mol. The lowest BCUT2D eigenvalue weighted by molar-refractivity contribution is -0.147. The second kappa shape index (κ2) is 5.01. The van der Waals surface area contributed by atoms with Gasteiger partial charge < -0.3 is 9.80 Å². The third-order valence-electron chi connectivity index (χ3n) is 5.67. The maximum absolute atomic E-state index is 12.9. The smallest absolute Gasteiger partial charge is 0.243 e. The molecule has 2 aliphatic heterocycles. The molecule has 5 heteroatoms. The summed E-state index contributed by atoms with van der Waals surface area (Å²) in [7, 11) is 1.84. The van der Waals surface area contributed by atoms with Crippen molar-refractivity contribution in [3.63, 3.8) is 0 Å². The van der Waals surface area contributed by atoms with E-state index in [2.05, 4.69) is 6.07 Å². The molecule has 114 valence electrons. The minimum Gasteiger partial charge on any atom is -0.345 e. The van der Waals surface area contributed by atoms with Gasteiger partial charge in [-0.05, 0) is 32.1 Å². The van der Waals surface area contributed by atoms with Crippen LogP contribution in [0.15, 0.2) is 0 Å². The van der Waals surface area contributed by atoms with Crippen LogP contribution in [0.2, 0.25) is 0 Å². The molecule has 2 heterocycles. The molecule has 1 spiro atoms. The summed E-state index contributed by atoms with van der Waals surface area (Å²) < 4.78 is 0. The monoisotopic (exact) mass is 289 g/mol. The maximum atomic E-state index is 12.9. The van der Waals surface area contributed by atoms with E-state index in [1.165, 1.54) is 0 Å². The lowest BCUT2D eigenvalue weighted by Gasteiger charge is -2.41. The van der Waals surface area contributed by atoms with Gasteiger partial charge in [0.15, 0.2) is 0 Å². The zero-order chi connectivity index (χ0) is 15.1. The number of nitriles is 1. The first-order chi connectivity index (χ1) is 10.0. The van der Waals surface area contributed by atoms with Crippen LogP contribution in [0.3, 0.4) is 0 Å². The van der Waals surface area contributed by atoms with Crippen molar-refractivity contribution in [2.75, 3.05) is 26.7 Å². The molecule has 1 aliphatic carbocycles. The van der Waals surface area contributed by atoms with E-state index in [4.69, 9.17) is 0 Å². The van der Waals surface area contributed by atoms with Crippen LogP contribution in [0.25, 0.3) is 0 Å². The van der Waals surface area contributed by atoms with Crippen molar-refractivity contribution in [2.45, 2.75) is 44.9 Å². The average Bonchev–Trinajstić information content (AvgIpc) is 3.10. The summed E-state index contributed by atoms with van der Waals surface area (Å²) in [4.78, 5) is 28.9. The van der Waals surface area contributed by atoms with E-state index < -0.39 is 5.41 Å². The largest absolute Gasteiger partial charge is 0.345 e. The second-order valence-electron chi connectivity index (χ2n) is 6.99. The number of rotatable bonds is 1. The first-order valence-corrected chi connectivity index (χ1v) is 7.99. The van der Waals surface area contributed by atoms with Gasteiger partial charge in [0.2, 0.25) is 11.8 Å². The third kappa shape index (κ3) is 2.12. The van der Waals surface area contributed by atoms with Crippen molar-refractivity contribution in [1.29, 1.82) is 5.26 Å². The van der Waals surface area contributed by atoms with Crippen LogP contribution >= 0.6 is 0 Å². The number of likely N-dealkylation sites (tertiary alicyclic amines) is 2. The lowest BCUT2D eigenvalue weighted by atomic mass is 9.77. The van der Waals surface area contributed by atoms with Gasteiger partial charge in [-0.25, -0.2) is 0 Å². The summed E-state index contributed by atoms with van der Waals surface area (Å²) in [6, 6.07) is 2.29. The molecule has 2 saturated heterocycles. The Hall–Kier alpha value is -1.57. The zero-order valence-electron chi connectivity index (χ0n) is 12.7. The fourth-order valence-electron chi connectivity index (χ4n) is 4.33. The van der Waals surface area contributed by atoms with Gasteiger partial charge in [-0.3, -0.25) is 9.59 Å². The van der Waals surface area contributed by atoms with Crippen molar-refractivity contribution in [3.8, 4) is 6.07 Å². The van der Waals surface area contributed by atoms with E-state index in [0.717, 1.165) is 38.6 Å². The van der Waals surface area contributed by atoms with Crippen molar-refractivity contribution in [3.05, 3.63) is 0 Å². The van der Waals surface area contributed by atoms with E-state index >= 15 is 0 Å². The molecule has 0 aromatic rings. The van der Waals surface area contributed by atoms with E-state index in [0.29, 0.717) is 25.9 Å². The van der Waals surface area contributed by atoms with Gasteiger partial charge in [-0.15, -0.1) is 0 Å². The van der Waals surface area contributed by atoms with E-state index in [-0.39, 0.29) is 17.2 Å². The van der Waals surface area contributed by atoms with Crippen LogP contribution in [-0.4, -0.2) is 48.3 Å². The Bertz CT molecular complexity index is 500. The summed E-state index contributed by atoms with van der Waals surface area (Å²) in [5.74, 6) is 0.154. The SMILES string of the molecule is CN1CCC2(CCCN(C(=O)C3(C#N)CCCC3)C2)C1=O. The van der Waals surface area contributed by atoms with Crippen LogP contribution in [0.5, 0.6) is 0 Å². The summed E-state index contributed by atoms with van der Waals surface area (Å²) >= 11 is 0. The number of piperidine rings is 1. The predicted octanol–water partition coefficient (Wildman–Crippen LogP) is 1.54. The van der Waals surface area contributed by atoms with Crippen LogP contribution in [-0.2, 0) is 9.59 Å². The summed E-state index contributed by atoms with van der Waals surface area (Å²) in [5.41, 5.74) is -1.19. The minimum absolute atomic E-state index is 0.0241. The number of carbonyl (C=O) groups is 2. The highest BCUT2D eigenvalue weighted by atomic mass is 16.2. The molecule has 2 amide bonds. The molecule has 3 fully saturated rings. The van der Waals surface area contributed by atoms with E-state index in [1.54, 1.807) is 4.90 Å². The third-order valence-corrected chi connectivity index (χ3v) is 5.67. The molecule has 5 nitrogen and oxygen atoms in total. The minimum atomic E-state index is -0.813. The van der Waals surface area contributed by atoms with Gasteiger partial charge in [-0.2, -0.15) is 5.26 Å². The fraction of sp³-hybridized carbons (Fsp3) is 0.812. The van der Waals surface area contributed by atoms with Crippen molar-refractivity contribution in [1.82, 2.24) is 9.80 Å². The Morgan fingerprint density at radius 2 is 1.86 bits per heavy atom. The molecule has 0 aromatic carbocycles. The Morgan fingerprint density at radius 1 is 1.14 bits per heavy atom. The summed E-state index contributed by atoms with van der Waals surface area (Å²) in [6.45, 7) is 1.99. The molecule has 0 bridgehead atoms. The van der Waals surface area contributed by atoms with Gasteiger partial charge >= 0.3 is 0 Å². The molecule has 0 N–H and O–H groups in total. The molecule has 1 atom stereocenters. The molecule has 21 heavy (non-hydrogen) atoms. The summed E-state index contributed by atoms with van der Waals surface area (Å²) in [6.07, 6.45) is 5.86. The Balaban J connectivity index is 1.79. The van der Waals surface area contributed by atoms with E-state index in [9.17, 15) is 14.9 Å². The van der Waals surface area contributed by atoms with Crippen LogP contribution < -0.4 is 0 Å². The molecular weight excluding hydrogens is 266 g/mol. The molecule has 1 saturated carbocycles. The van der Waals surface area contributed by atoms with Gasteiger partial charge in [0, 0.05) is 26.7 Å². The highest BCUT2D eigenvalue weighted by Gasteiger charge is 2.51. The quantitative estimate of drug-likeness (QED) is 0.735. The Kier molecular flexibility index (Phi) is 3.43. The maximum Gasteiger partial charge on any atom is 0.243 e. The molecule has 3 aliphatic rings. The van der Waals surface area contributed by atoms with Gasteiger partial charge in [0.25, 0.3) is 0 Å². The fourth-order valence-corrected chi connectivity index (χ4v) is 4.33. The van der Waals surface area contributed by atoms with Crippen LogP contribution in [0.1, 0.15) is 44.9 Å². The van der Waals surface area contributed by atoms with Crippen LogP contribution in [0, 0.1) is 22.2 Å². The molecule has 1 unspecified atom stereocenters. The number of hydrogen-bond acceptors (Lipinski definition) is 3. The number of nitrogens with zero attached hydrogens (tertiary/aromatic N) is 3. The summed E-state index contributed by atoms with van der Waals surface area (Å²) in [5, 5.41) is 9.50. The van der Waals surface area contributed by atoms with Crippen molar-refractivity contribution >= 4 is 11.8 Å². The van der Waals surface area contributed by atoms with Gasteiger partial charge in [0.1, 0.15) is 5.41 Å². The van der Waals surface area contributed by atoms with Gasteiger partial charge in [-0.1, -0.05) is 12.8 Å². The highest BCUT2D eigenvalue weighted by molar-refractivity contribution is 5.89. The standard InChI is InChI=1S/C16H23N3O2/c1-18-10-8-16(13(18)20)7-4-9-19(12-16)14(21)15(11-17)5-2-3-6-15/h2-10,12H2,1H3. The molecule has 3 rings (SSSR count). The first kappa shape index (κ1) is 14.4. The molecule has 0 radical (unpaired) electrons. The number of amides is 2. The topological polar surface area (TPSA) is 64.4 Å². The number of carbonyl (C=O) groups excluding carboxylic acids is 2. The zero-order valence-corrected chi connectivity index (χ0v) is 12.7. The van der Waals surface area contributed by atoms with Gasteiger partial charge in [0.05, 0.1) is 11.5 Å². The van der Waals surface area contributed by atoms with Crippen molar-refractivity contribution in [2.24, 2.45) is 10.8 Å². The molecule has 0 aromatic heterocycles. The highest BCUT2D eigenvalue weighted by Crippen LogP contribution is 2.43. The van der Waals surface area contributed by atoms with Crippen LogP contribution in [0.4, 0.5) is 0 Å². The number of hydrogen-bond donors (Lipinski definition) is 0. The normalized spacial score (nSPS) is 31.7. The Labute approximate surface area is 125 Å². The predicted molar refractivity (Wildman–Crippen MR) is 77.0 cm³/mol. The second-order valence-corrected chi connectivity index (χ2v) is 6.99. The Morgan fingerprint density at radius 3 is 2.43 bits per heavy atom. The molecular formula is C16H23N3O2. The first-order valence-electron chi connectivity index (χ1n) is 7.99. The van der Waals surface area contributed by atoms with Crippen molar-refractivity contribution < 1.29 is 9.59 Å². The van der Waals surface area contributed by atoms with E-state index in [1.807, 2.05) is 11.9 Å².